The molecule has 0 saturated carbocycles. The van der Waals surface area contributed by atoms with E-state index in [4.69, 9.17) is 5.26 Å². The molecule has 0 amide bonds. The lowest BCUT2D eigenvalue weighted by Crippen LogP contribution is -2.16. The van der Waals surface area contributed by atoms with Gasteiger partial charge >= 0.3 is 5.97 Å². The molecular weight excluding hydrogens is 316 g/mol. The lowest BCUT2D eigenvalue weighted by molar-refractivity contribution is 0.0697. The third kappa shape index (κ3) is 3.67. The summed E-state index contributed by atoms with van der Waals surface area (Å²) in [5.74, 6) is -1.21. The third-order valence-corrected chi connectivity index (χ3v) is 4.59. The van der Waals surface area contributed by atoms with Gasteiger partial charge in [-0.1, -0.05) is 24.3 Å². The molecule has 0 atom stereocenters. The molecule has 0 heterocycles. The van der Waals surface area contributed by atoms with Crippen molar-refractivity contribution in [3.63, 3.8) is 0 Å². The molecule has 0 aliphatic carbocycles. The van der Waals surface area contributed by atoms with E-state index in [1.165, 1.54) is 24.3 Å². The van der Waals surface area contributed by atoms with Crippen LogP contribution in [-0.4, -0.2) is 19.5 Å². The van der Waals surface area contributed by atoms with Crippen molar-refractivity contribution in [2.75, 3.05) is 4.72 Å². The highest BCUT2D eigenvalue weighted by atomic mass is 32.2. The van der Waals surface area contributed by atoms with E-state index in [1.807, 2.05) is 6.07 Å². The van der Waals surface area contributed by atoms with E-state index < -0.39 is 16.0 Å². The van der Waals surface area contributed by atoms with Gasteiger partial charge in [0.1, 0.15) is 0 Å². The van der Waals surface area contributed by atoms with Crippen molar-refractivity contribution in [1.29, 1.82) is 5.26 Å². The summed E-state index contributed by atoms with van der Waals surface area (Å²) >= 11 is 0. The van der Waals surface area contributed by atoms with Crippen molar-refractivity contribution >= 4 is 21.7 Å². The smallest absolute Gasteiger partial charge is 0.338 e. The first-order valence-electron chi connectivity index (χ1n) is 6.67. The van der Waals surface area contributed by atoms with E-state index in [9.17, 15) is 18.3 Å². The number of aromatic carboxylic acids is 1. The Bertz CT molecular complexity index is 899. The molecular formula is C16H14N2O4S. The predicted molar refractivity (Wildman–Crippen MR) is 84.7 cm³/mol. The van der Waals surface area contributed by atoms with Crippen LogP contribution in [0.1, 0.15) is 21.5 Å². The molecule has 0 unspecified atom stereocenters. The largest absolute Gasteiger partial charge is 0.478 e. The molecule has 0 radical (unpaired) electrons. The molecule has 0 spiro atoms. The summed E-state index contributed by atoms with van der Waals surface area (Å²) in [4.78, 5) is 11.3. The first-order valence-corrected chi connectivity index (χ1v) is 8.15. The van der Waals surface area contributed by atoms with Gasteiger partial charge in [-0.3, -0.25) is 4.72 Å². The molecule has 0 fully saturated rings. The second-order valence-electron chi connectivity index (χ2n) is 4.89. The van der Waals surface area contributed by atoms with Crippen LogP contribution in [0.2, 0.25) is 0 Å². The lowest BCUT2D eigenvalue weighted by atomic mass is 10.1. The van der Waals surface area contributed by atoms with Gasteiger partial charge in [0.15, 0.2) is 0 Å². The summed E-state index contributed by atoms with van der Waals surface area (Å²) in [6, 6.07) is 12.5. The maximum Gasteiger partial charge on any atom is 0.338 e. The number of nitrogens with zero attached hydrogens (tertiary/aromatic N) is 1. The molecule has 7 heteroatoms. The molecule has 118 valence electrons. The minimum absolute atomic E-state index is 0.00295. The number of aryl methyl sites for hydroxylation is 1. The SMILES string of the molecule is Cc1cccc(NS(=O)(=O)c2cccc(CC#N)c2)c1C(=O)O. The number of carbonyl (C=O) groups is 1. The number of hydrogen-bond donors (Lipinski definition) is 2. The number of carboxylic acid groups (broad SMARTS) is 1. The van der Waals surface area contributed by atoms with Gasteiger partial charge in [-0.15, -0.1) is 0 Å². The summed E-state index contributed by atoms with van der Waals surface area (Å²) < 4.78 is 27.2. The molecule has 0 aliphatic rings. The van der Waals surface area contributed by atoms with Crippen molar-refractivity contribution in [3.8, 4) is 6.07 Å². The highest BCUT2D eigenvalue weighted by Crippen LogP contribution is 2.23. The van der Waals surface area contributed by atoms with Gasteiger partial charge in [-0.05, 0) is 36.2 Å². The second-order valence-corrected chi connectivity index (χ2v) is 6.57. The number of hydrogen-bond acceptors (Lipinski definition) is 4. The number of carboxylic acids is 1. The zero-order valence-electron chi connectivity index (χ0n) is 12.3. The van der Waals surface area contributed by atoms with Crippen molar-refractivity contribution in [2.24, 2.45) is 0 Å². The Kier molecular flexibility index (Phi) is 4.67. The molecule has 6 nitrogen and oxygen atoms in total. The Morgan fingerprint density at radius 2 is 1.96 bits per heavy atom. The quantitative estimate of drug-likeness (QED) is 0.876. The zero-order chi connectivity index (χ0) is 17.0. The van der Waals surface area contributed by atoms with Gasteiger partial charge in [-0.2, -0.15) is 5.26 Å². The number of rotatable bonds is 5. The number of sulfonamides is 1. The fourth-order valence-electron chi connectivity index (χ4n) is 2.15. The fourth-order valence-corrected chi connectivity index (χ4v) is 3.30. The van der Waals surface area contributed by atoms with Gasteiger partial charge < -0.3 is 5.11 Å². The molecule has 2 aromatic rings. The van der Waals surface area contributed by atoms with E-state index in [0.29, 0.717) is 11.1 Å². The van der Waals surface area contributed by atoms with Gasteiger partial charge in [0.25, 0.3) is 10.0 Å². The Balaban J connectivity index is 2.44. The third-order valence-electron chi connectivity index (χ3n) is 3.22. The van der Waals surface area contributed by atoms with Crippen LogP contribution in [0, 0.1) is 18.3 Å². The summed E-state index contributed by atoms with van der Waals surface area (Å²) in [6.07, 6.45) is 0.0914. The van der Waals surface area contributed by atoms with Crippen molar-refractivity contribution in [1.82, 2.24) is 0 Å². The monoisotopic (exact) mass is 330 g/mol. The predicted octanol–water partition coefficient (Wildman–Crippen LogP) is 2.56. The van der Waals surface area contributed by atoms with Crippen molar-refractivity contribution in [3.05, 3.63) is 59.2 Å². The van der Waals surface area contributed by atoms with E-state index in [-0.39, 0.29) is 22.6 Å². The molecule has 0 aliphatic heterocycles. The van der Waals surface area contributed by atoms with Gasteiger partial charge in [0.2, 0.25) is 0 Å². The minimum Gasteiger partial charge on any atom is -0.478 e. The zero-order valence-corrected chi connectivity index (χ0v) is 13.1. The highest BCUT2D eigenvalue weighted by Gasteiger charge is 2.20. The molecule has 2 aromatic carbocycles. The van der Waals surface area contributed by atoms with Crippen LogP contribution in [0.25, 0.3) is 0 Å². The topological polar surface area (TPSA) is 107 Å². The average molecular weight is 330 g/mol. The van der Waals surface area contributed by atoms with Crippen LogP contribution in [0.3, 0.4) is 0 Å². The van der Waals surface area contributed by atoms with Gasteiger partial charge in [0.05, 0.1) is 28.6 Å². The molecule has 2 N–H and O–H groups in total. The van der Waals surface area contributed by atoms with Crippen LogP contribution in [0.15, 0.2) is 47.4 Å². The van der Waals surface area contributed by atoms with E-state index in [1.54, 1.807) is 25.1 Å². The Labute approximate surface area is 134 Å². The maximum atomic E-state index is 12.5. The van der Waals surface area contributed by atoms with Crippen LogP contribution in [0.4, 0.5) is 5.69 Å². The lowest BCUT2D eigenvalue weighted by Gasteiger charge is -2.12. The first kappa shape index (κ1) is 16.5. The molecule has 23 heavy (non-hydrogen) atoms. The van der Waals surface area contributed by atoms with Crippen LogP contribution in [0.5, 0.6) is 0 Å². The maximum absolute atomic E-state index is 12.5. The number of nitriles is 1. The highest BCUT2D eigenvalue weighted by molar-refractivity contribution is 7.92. The van der Waals surface area contributed by atoms with Crippen molar-refractivity contribution in [2.45, 2.75) is 18.2 Å². The van der Waals surface area contributed by atoms with Crippen molar-refractivity contribution < 1.29 is 18.3 Å². The summed E-state index contributed by atoms with van der Waals surface area (Å²) in [7, 11) is -3.95. The summed E-state index contributed by atoms with van der Waals surface area (Å²) in [5.41, 5.74) is 0.932. The van der Waals surface area contributed by atoms with Gasteiger partial charge in [-0.25, -0.2) is 13.2 Å². The van der Waals surface area contributed by atoms with E-state index in [2.05, 4.69) is 4.72 Å². The number of anilines is 1. The number of benzene rings is 2. The molecule has 2 rings (SSSR count). The summed E-state index contributed by atoms with van der Waals surface area (Å²) in [6.45, 7) is 1.59. The van der Waals surface area contributed by atoms with Gasteiger partial charge in [0, 0.05) is 0 Å². The standard InChI is InChI=1S/C16H14N2O4S/c1-11-4-2-7-14(15(11)16(19)20)18-23(21,22)13-6-3-5-12(10-13)8-9-17/h2-7,10,18H,8H2,1H3,(H,19,20). The second kappa shape index (κ2) is 6.50. The first-order chi connectivity index (χ1) is 10.8. The average Bonchev–Trinajstić information content (AvgIpc) is 2.47. The van der Waals surface area contributed by atoms with E-state index >= 15 is 0 Å². The van der Waals surface area contributed by atoms with E-state index in [0.717, 1.165) is 0 Å². The Morgan fingerprint density at radius 3 is 2.61 bits per heavy atom. The van der Waals surface area contributed by atoms with Crippen LogP contribution in [-0.2, 0) is 16.4 Å². The summed E-state index contributed by atoms with van der Waals surface area (Å²) in [5, 5.41) is 18.0. The van der Waals surface area contributed by atoms with Crippen LogP contribution < -0.4 is 4.72 Å². The number of nitrogens with one attached hydrogen (secondary N) is 1. The molecule has 0 aromatic heterocycles. The Morgan fingerprint density at radius 1 is 1.26 bits per heavy atom. The normalized spacial score (nSPS) is 10.8. The van der Waals surface area contributed by atoms with Crippen LogP contribution >= 0.6 is 0 Å². The fraction of sp³-hybridized carbons (Fsp3) is 0.125. The molecule has 0 bridgehead atoms. The molecule has 0 saturated heterocycles. The Hall–Kier alpha value is -2.85. The minimum atomic E-state index is -3.95.